The number of amides is 2. The molecule has 2 aromatic rings. The predicted molar refractivity (Wildman–Crippen MR) is 187 cm³/mol. The van der Waals surface area contributed by atoms with Crippen LogP contribution in [0.4, 0.5) is 0 Å². The number of para-hydroxylation sites is 1. The van der Waals surface area contributed by atoms with Gasteiger partial charge in [0, 0.05) is 51.7 Å². The highest BCUT2D eigenvalue weighted by Crippen LogP contribution is 2.31. The van der Waals surface area contributed by atoms with E-state index in [-0.39, 0.29) is 23.5 Å². The van der Waals surface area contributed by atoms with Crippen molar-refractivity contribution in [2.75, 3.05) is 73.3 Å². The van der Waals surface area contributed by atoms with E-state index in [1.807, 2.05) is 28.5 Å². The quantitative estimate of drug-likeness (QED) is 0.206. The molecule has 0 saturated carbocycles. The Hall–Kier alpha value is -2.61. The summed E-state index contributed by atoms with van der Waals surface area (Å²) in [5, 5.41) is 5.77. The van der Waals surface area contributed by atoms with Crippen LogP contribution in [0, 0.1) is 0 Å². The highest BCUT2D eigenvalue weighted by atomic mass is 32.1. The summed E-state index contributed by atoms with van der Waals surface area (Å²) in [5.74, 6) is 1.13. The van der Waals surface area contributed by atoms with Crippen molar-refractivity contribution in [2.24, 2.45) is 0 Å². The fourth-order valence-electron chi connectivity index (χ4n) is 6.20. The first-order chi connectivity index (χ1) is 23.3. The molecule has 2 aliphatic rings. The van der Waals surface area contributed by atoms with Crippen LogP contribution >= 0.6 is 11.3 Å². The number of methoxy groups -OCH3 is 2. The van der Waals surface area contributed by atoms with Crippen LogP contribution < -0.4 is 10.1 Å². The van der Waals surface area contributed by atoms with Crippen LogP contribution in [0.1, 0.15) is 86.3 Å². The number of rotatable bonds is 19. The molecule has 1 atom stereocenters. The Morgan fingerprint density at radius 1 is 1.10 bits per heavy atom. The van der Waals surface area contributed by atoms with Gasteiger partial charge < -0.3 is 33.9 Å². The summed E-state index contributed by atoms with van der Waals surface area (Å²) in [6.07, 6.45) is 5.05. The molecule has 3 heterocycles. The van der Waals surface area contributed by atoms with Crippen molar-refractivity contribution in [1.82, 2.24) is 20.1 Å². The van der Waals surface area contributed by atoms with Crippen LogP contribution in [0.15, 0.2) is 29.6 Å². The van der Waals surface area contributed by atoms with Crippen LogP contribution in [-0.4, -0.2) is 118 Å². The molecule has 11 nitrogen and oxygen atoms in total. The van der Waals surface area contributed by atoms with Crippen molar-refractivity contribution in [3.05, 3.63) is 45.9 Å². The number of morpholine rings is 1. The summed E-state index contributed by atoms with van der Waals surface area (Å²) in [4.78, 5) is 34.7. The minimum absolute atomic E-state index is 0.0151. The molecule has 48 heavy (non-hydrogen) atoms. The van der Waals surface area contributed by atoms with Crippen molar-refractivity contribution in [2.45, 2.75) is 89.6 Å². The van der Waals surface area contributed by atoms with Crippen LogP contribution in [0.25, 0.3) is 0 Å². The van der Waals surface area contributed by atoms with E-state index in [9.17, 15) is 9.59 Å². The summed E-state index contributed by atoms with van der Waals surface area (Å²) in [7, 11) is 3.10. The molecule has 12 heteroatoms. The van der Waals surface area contributed by atoms with Crippen molar-refractivity contribution in [3.8, 4) is 5.75 Å². The van der Waals surface area contributed by atoms with Gasteiger partial charge in [0.05, 0.1) is 49.4 Å². The molecule has 1 N–H and O–H groups in total. The topological polar surface area (TPSA) is 112 Å². The monoisotopic (exact) mass is 688 g/mol. The average Bonchev–Trinajstić information content (AvgIpc) is 3.60. The molecule has 0 aliphatic carbocycles. The lowest BCUT2D eigenvalue weighted by Gasteiger charge is -2.47. The highest BCUT2D eigenvalue weighted by Gasteiger charge is 2.41. The molecule has 268 valence electrons. The summed E-state index contributed by atoms with van der Waals surface area (Å²) in [6.45, 7) is 12.1. The second-order valence-electron chi connectivity index (χ2n) is 13.1. The number of aromatic nitrogens is 1. The molecule has 1 aromatic carbocycles. The second kappa shape index (κ2) is 19.5. The fourth-order valence-corrected chi connectivity index (χ4v) is 7.01. The van der Waals surface area contributed by atoms with E-state index in [2.05, 4.69) is 42.0 Å². The zero-order valence-electron chi connectivity index (χ0n) is 29.5. The minimum Gasteiger partial charge on any atom is -0.492 e. The third-order valence-corrected chi connectivity index (χ3v) is 10.3. The molecule has 0 bridgehead atoms. The summed E-state index contributed by atoms with van der Waals surface area (Å²) in [6, 6.07) is 8.11. The van der Waals surface area contributed by atoms with E-state index in [4.69, 9.17) is 23.7 Å². The molecule has 2 saturated heterocycles. The third kappa shape index (κ3) is 11.5. The first kappa shape index (κ1) is 38.2. The summed E-state index contributed by atoms with van der Waals surface area (Å²) >= 11 is 1.56. The number of nitrogens with one attached hydrogen (secondary N) is 1. The molecule has 1 spiro atoms. The SMILES string of the molecule is CCCCC(CC(=O)NCC(OC)OC)OCCc1ccccc1OCCN1CCC2(CC1)CN(C(=O)c1csc(C(C)C)n1)CCO2. The van der Waals surface area contributed by atoms with Gasteiger partial charge in [-0.2, -0.15) is 0 Å². The summed E-state index contributed by atoms with van der Waals surface area (Å²) < 4.78 is 29.1. The lowest BCUT2D eigenvalue weighted by Crippen LogP contribution is -2.58. The normalized spacial score (nSPS) is 17.3. The van der Waals surface area contributed by atoms with Gasteiger partial charge in [-0.15, -0.1) is 11.3 Å². The smallest absolute Gasteiger partial charge is 0.273 e. The molecule has 0 radical (unpaired) electrons. The zero-order chi connectivity index (χ0) is 34.4. The van der Waals surface area contributed by atoms with E-state index in [0.29, 0.717) is 63.9 Å². The Bertz CT molecular complexity index is 1260. The average molecular weight is 689 g/mol. The number of thiazole rings is 1. The van der Waals surface area contributed by atoms with Crippen LogP contribution in [0.3, 0.4) is 0 Å². The molecular weight excluding hydrogens is 632 g/mol. The Kier molecular flexibility index (Phi) is 15.6. The minimum atomic E-state index is -0.464. The Morgan fingerprint density at radius 2 is 1.88 bits per heavy atom. The van der Waals surface area contributed by atoms with Gasteiger partial charge in [-0.25, -0.2) is 4.98 Å². The van der Waals surface area contributed by atoms with Crippen LogP contribution in [0.2, 0.25) is 0 Å². The van der Waals surface area contributed by atoms with E-state index < -0.39 is 6.29 Å². The number of hydrogen-bond donors (Lipinski definition) is 1. The van der Waals surface area contributed by atoms with Gasteiger partial charge >= 0.3 is 0 Å². The van der Waals surface area contributed by atoms with Gasteiger partial charge in [-0.3, -0.25) is 14.5 Å². The number of likely N-dealkylation sites (tertiary alicyclic amines) is 1. The maximum Gasteiger partial charge on any atom is 0.273 e. The number of carbonyl (C=O) groups excluding carboxylic acids is 2. The van der Waals surface area contributed by atoms with Gasteiger partial charge in [0.15, 0.2) is 6.29 Å². The highest BCUT2D eigenvalue weighted by molar-refractivity contribution is 7.09. The largest absolute Gasteiger partial charge is 0.492 e. The zero-order valence-corrected chi connectivity index (χ0v) is 30.4. The van der Waals surface area contributed by atoms with E-state index >= 15 is 0 Å². The summed E-state index contributed by atoms with van der Waals surface area (Å²) in [5.41, 5.74) is 1.36. The number of carbonyl (C=O) groups is 2. The number of nitrogens with zero attached hydrogens (tertiary/aromatic N) is 3. The predicted octanol–water partition coefficient (Wildman–Crippen LogP) is 4.90. The van der Waals surface area contributed by atoms with Gasteiger partial charge in [0.2, 0.25) is 5.91 Å². The van der Waals surface area contributed by atoms with Crippen molar-refractivity contribution in [1.29, 1.82) is 0 Å². The molecule has 1 unspecified atom stereocenters. The molecule has 1 aromatic heterocycles. The number of hydrogen-bond acceptors (Lipinski definition) is 10. The maximum absolute atomic E-state index is 13.2. The fraction of sp³-hybridized carbons (Fsp3) is 0.694. The van der Waals surface area contributed by atoms with E-state index in [0.717, 1.165) is 68.1 Å². The Morgan fingerprint density at radius 3 is 2.58 bits per heavy atom. The number of benzene rings is 1. The van der Waals surface area contributed by atoms with Gasteiger partial charge in [-0.05, 0) is 37.3 Å². The second-order valence-corrected chi connectivity index (χ2v) is 14.0. The number of unbranched alkanes of at least 4 members (excludes halogenated alkanes) is 1. The Balaban J connectivity index is 1.19. The van der Waals surface area contributed by atoms with Gasteiger partial charge in [0.1, 0.15) is 18.1 Å². The van der Waals surface area contributed by atoms with Crippen molar-refractivity contribution < 1.29 is 33.3 Å². The molecule has 4 rings (SSSR count). The number of piperidine rings is 1. The molecule has 2 aliphatic heterocycles. The maximum atomic E-state index is 13.2. The van der Waals surface area contributed by atoms with Gasteiger partial charge in [0.25, 0.3) is 5.91 Å². The van der Waals surface area contributed by atoms with Crippen molar-refractivity contribution in [3.63, 3.8) is 0 Å². The molecule has 2 amide bonds. The lowest BCUT2D eigenvalue weighted by molar-refractivity contribution is -0.130. The first-order valence-corrected chi connectivity index (χ1v) is 18.4. The van der Waals surface area contributed by atoms with Crippen LogP contribution in [0.5, 0.6) is 5.75 Å². The standard InChI is InChI=1S/C36H56N4O7S/c1-6-7-11-29(23-32(41)37-24-33(43-4)44-5)45-20-13-28-10-8-9-12-31(28)46-21-18-39-16-14-36(15-17-39)26-40(19-22-47-36)35(42)30-25-48-34(38-30)27(2)3/h8-10,12,25,27,29,33H,6-7,11,13-24,26H2,1-5H3,(H,37,41). The first-order valence-electron chi connectivity index (χ1n) is 17.5. The van der Waals surface area contributed by atoms with Crippen LogP contribution in [-0.2, 0) is 30.2 Å². The van der Waals surface area contributed by atoms with E-state index in [1.165, 1.54) is 0 Å². The third-order valence-electron chi connectivity index (χ3n) is 9.18. The number of ether oxygens (including phenoxy) is 5. The Labute approximate surface area is 290 Å². The van der Waals surface area contributed by atoms with Crippen molar-refractivity contribution >= 4 is 23.2 Å². The molecule has 2 fully saturated rings. The van der Waals surface area contributed by atoms with E-state index in [1.54, 1.807) is 25.6 Å². The lowest BCUT2D eigenvalue weighted by atomic mass is 9.89. The molecular formula is C36H56N4O7S. The van der Waals surface area contributed by atoms with Gasteiger partial charge in [-0.1, -0.05) is 51.8 Å².